The average Bonchev–Trinajstić information content (AvgIpc) is 3.45. The van der Waals surface area contributed by atoms with E-state index >= 15 is 0 Å². The fourth-order valence-corrected chi connectivity index (χ4v) is 4.12. The molecular formula is C29H32F3N5O6S. The van der Waals surface area contributed by atoms with E-state index < -0.39 is 35.7 Å². The fraction of sp³-hybridized carbons (Fsp3) is 0.379. The first-order chi connectivity index (χ1) is 20.7. The van der Waals surface area contributed by atoms with Crippen LogP contribution in [0.3, 0.4) is 0 Å². The van der Waals surface area contributed by atoms with Gasteiger partial charge in [-0.05, 0) is 44.9 Å². The van der Waals surface area contributed by atoms with E-state index in [-0.39, 0.29) is 30.5 Å². The lowest BCUT2D eigenvalue weighted by atomic mass is 9.95. The molecule has 15 heteroatoms. The number of halogens is 3. The number of rotatable bonds is 12. The molecule has 0 saturated carbocycles. The van der Waals surface area contributed by atoms with E-state index in [0.29, 0.717) is 10.6 Å². The Hall–Kier alpha value is -4.55. The van der Waals surface area contributed by atoms with Gasteiger partial charge in [0.2, 0.25) is 5.90 Å². The van der Waals surface area contributed by atoms with Crippen LogP contribution in [0.2, 0.25) is 0 Å². The largest absolute Gasteiger partial charge is 0.573 e. The second-order valence-corrected chi connectivity index (χ2v) is 10.5. The summed E-state index contributed by atoms with van der Waals surface area (Å²) in [7, 11) is 0. The number of ether oxygens (including phenoxy) is 4. The number of hydrogen-bond donors (Lipinski definition) is 1. The van der Waals surface area contributed by atoms with Crippen molar-refractivity contribution >= 4 is 35.1 Å². The minimum absolute atomic E-state index is 0.0738. The van der Waals surface area contributed by atoms with Gasteiger partial charge in [0.15, 0.2) is 5.71 Å². The fourth-order valence-electron chi connectivity index (χ4n) is 3.27. The quantitative estimate of drug-likeness (QED) is 0.0887. The van der Waals surface area contributed by atoms with Crippen molar-refractivity contribution in [2.24, 2.45) is 21.4 Å². The van der Waals surface area contributed by atoms with Crippen LogP contribution >= 0.6 is 11.3 Å². The normalized spacial score (nSPS) is 13.8. The highest BCUT2D eigenvalue weighted by atomic mass is 32.1. The van der Waals surface area contributed by atoms with E-state index in [1.165, 1.54) is 30.5 Å². The molecule has 1 atom stereocenters. The highest BCUT2D eigenvalue weighted by Crippen LogP contribution is 2.31. The van der Waals surface area contributed by atoms with E-state index in [1.54, 1.807) is 19.9 Å². The molecule has 0 aliphatic rings. The van der Waals surface area contributed by atoms with Crippen molar-refractivity contribution in [3.8, 4) is 22.4 Å². The number of esters is 1. The maximum Gasteiger partial charge on any atom is 0.573 e. The third-order valence-electron chi connectivity index (χ3n) is 5.41. The molecule has 1 unspecified atom stereocenters. The Morgan fingerprint density at radius 1 is 1.23 bits per heavy atom. The Morgan fingerprint density at radius 2 is 1.95 bits per heavy atom. The van der Waals surface area contributed by atoms with E-state index in [0.717, 1.165) is 29.4 Å². The van der Waals surface area contributed by atoms with Crippen molar-refractivity contribution in [2.75, 3.05) is 13.2 Å². The number of aromatic nitrogens is 1. The molecule has 0 spiro atoms. The summed E-state index contributed by atoms with van der Waals surface area (Å²) in [5, 5.41) is 18.8. The van der Waals surface area contributed by atoms with Gasteiger partial charge in [-0.25, -0.2) is 9.78 Å². The lowest BCUT2D eigenvalue weighted by Gasteiger charge is -2.22. The number of nitrogens with two attached hydrogens (primary N) is 1. The smallest absolute Gasteiger partial charge is 0.460 e. The average molecular weight is 636 g/mol. The summed E-state index contributed by atoms with van der Waals surface area (Å²) < 4.78 is 56.9. The predicted molar refractivity (Wildman–Crippen MR) is 158 cm³/mol. The predicted octanol–water partition coefficient (Wildman–Crippen LogP) is 6.64. The third kappa shape index (κ3) is 11.6. The van der Waals surface area contributed by atoms with Crippen LogP contribution in [0.1, 0.15) is 52.8 Å². The van der Waals surface area contributed by atoms with Gasteiger partial charge < -0.3 is 24.7 Å². The molecule has 0 aliphatic carbocycles. The maximum atomic E-state index is 12.6. The van der Waals surface area contributed by atoms with Crippen LogP contribution in [0.25, 0.3) is 10.6 Å². The molecule has 2 aromatic rings. The highest BCUT2D eigenvalue weighted by Gasteiger charge is 2.32. The van der Waals surface area contributed by atoms with Gasteiger partial charge in [-0.3, -0.25) is 4.79 Å². The van der Waals surface area contributed by atoms with Gasteiger partial charge in [0.25, 0.3) is 0 Å². The zero-order valence-electron chi connectivity index (χ0n) is 24.7. The van der Waals surface area contributed by atoms with E-state index in [1.807, 2.05) is 32.1 Å². The van der Waals surface area contributed by atoms with E-state index in [2.05, 4.69) is 19.9 Å². The number of hydrogen-bond acceptors (Lipinski definition) is 12. The van der Waals surface area contributed by atoms with Gasteiger partial charge in [0.1, 0.15) is 36.1 Å². The minimum Gasteiger partial charge on any atom is -0.460 e. The molecule has 0 amide bonds. The lowest BCUT2D eigenvalue weighted by molar-refractivity contribution is -0.274. The van der Waals surface area contributed by atoms with Gasteiger partial charge >= 0.3 is 18.5 Å². The summed E-state index contributed by atoms with van der Waals surface area (Å²) in [6.07, 6.45) is 0.361. The topological polar surface area (TPSA) is 158 Å². The van der Waals surface area contributed by atoms with Gasteiger partial charge in [-0.15, -0.1) is 34.7 Å². The molecule has 1 aromatic heterocycles. The summed E-state index contributed by atoms with van der Waals surface area (Å²) in [5.74, 6) is -1.27. The van der Waals surface area contributed by atoms with Crippen molar-refractivity contribution in [1.82, 2.24) is 4.98 Å². The summed E-state index contributed by atoms with van der Waals surface area (Å²) in [6.45, 7) is 7.92. The minimum atomic E-state index is -4.85. The molecule has 0 saturated heterocycles. The Kier molecular flexibility index (Phi) is 13.2. The Balaban J connectivity index is 1.99. The Bertz CT molecular complexity index is 1470. The van der Waals surface area contributed by atoms with Gasteiger partial charge in [0.05, 0.1) is 11.1 Å². The molecule has 0 aliphatic heterocycles. The first-order valence-corrected chi connectivity index (χ1v) is 14.0. The van der Waals surface area contributed by atoms with Crippen LogP contribution in [0.5, 0.6) is 5.75 Å². The van der Waals surface area contributed by atoms with Crippen molar-refractivity contribution in [3.63, 3.8) is 0 Å². The molecule has 1 heterocycles. The van der Waals surface area contributed by atoms with Crippen LogP contribution in [0.4, 0.5) is 18.0 Å². The highest BCUT2D eigenvalue weighted by molar-refractivity contribution is 7.13. The second-order valence-electron chi connectivity index (χ2n) is 9.63. The molecule has 0 radical (unpaired) electrons. The summed E-state index contributed by atoms with van der Waals surface area (Å²) >= 11 is 1.08. The molecule has 236 valence electrons. The zero-order chi connectivity index (χ0) is 32.9. The monoisotopic (exact) mass is 635 g/mol. The van der Waals surface area contributed by atoms with Crippen LogP contribution < -0.4 is 10.5 Å². The number of carbonyl (C=O) groups excluding carboxylic acids is 2. The zero-order valence-corrected chi connectivity index (χ0v) is 25.5. The number of nitrogens with zero attached hydrogens (tertiary/aromatic N) is 4. The molecule has 0 fully saturated rings. The summed E-state index contributed by atoms with van der Waals surface area (Å²) in [4.78, 5) is 29.0. The molecule has 2 N–H and O–H groups in total. The first-order valence-electron chi connectivity index (χ1n) is 13.1. The number of benzene rings is 1. The number of carbonyl (C=O) groups is 2. The molecule has 44 heavy (non-hydrogen) atoms. The lowest BCUT2D eigenvalue weighted by Crippen LogP contribution is -2.33. The van der Waals surface area contributed by atoms with Gasteiger partial charge in [-0.1, -0.05) is 37.3 Å². The van der Waals surface area contributed by atoms with Crippen molar-refractivity contribution < 1.29 is 41.7 Å². The first kappa shape index (κ1) is 35.6. The van der Waals surface area contributed by atoms with Crippen LogP contribution in [-0.4, -0.2) is 48.3 Å². The van der Waals surface area contributed by atoms with Gasteiger partial charge in [0, 0.05) is 17.9 Å². The standard InChI is InChI=1S/C29H32F3N5O6S/c1-6-9-19(10-7-2)15-40-26(38)28(4,5)17-41-27(39)42-18(3)36-37-22(14-33)24(34)23-16-44-25(35-23)20-11-8-12-21(13-20)43-29(30,31)32/h6,8-13,16,24H,7,15,17,34H2,1-5H3/b9-6?,19-10?,36-18+,37-22+. The van der Waals surface area contributed by atoms with Crippen LogP contribution in [-0.2, 0) is 19.0 Å². The number of thiazole rings is 1. The Labute approximate surface area is 256 Å². The van der Waals surface area contributed by atoms with E-state index in [9.17, 15) is 28.0 Å². The molecule has 11 nitrogen and oxygen atoms in total. The molecular weight excluding hydrogens is 603 g/mol. The van der Waals surface area contributed by atoms with E-state index in [4.69, 9.17) is 19.9 Å². The van der Waals surface area contributed by atoms with Crippen molar-refractivity contribution in [1.29, 1.82) is 5.26 Å². The van der Waals surface area contributed by atoms with Crippen LogP contribution in [0.15, 0.2) is 63.6 Å². The molecule has 0 bridgehead atoms. The number of allylic oxidation sites excluding steroid dienone is 2. The third-order valence-corrected chi connectivity index (χ3v) is 6.32. The maximum absolute atomic E-state index is 12.6. The van der Waals surface area contributed by atoms with Crippen LogP contribution in [0, 0.1) is 16.7 Å². The number of alkyl halides is 3. The van der Waals surface area contributed by atoms with Crippen molar-refractivity contribution in [3.05, 3.63) is 59.1 Å². The summed E-state index contributed by atoms with van der Waals surface area (Å²) in [5.41, 5.74) is 6.03. The Morgan fingerprint density at radius 3 is 2.59 bits per heavy atom. The number of nitriles is 1. The second kappa shape index (κ2) is 16.3. The summed E-state index contributed by atoms with van der Waals surface area (Å²) in [6, 6.07) is 5.88. The molecule has 1 aromatic carbocycles. The molecule has 2 rings (SSSR count). The van der Waals surface area contributed by atoms with Gasteiger partial charge in [-0.2, -0.15) is 5.26 Å². The SMILES string of the molecule is CC=CC(=CCC)COC(=O)C(C)(C)COC(=O)O/C(C)=N/N=C(\C#N)C(N)c1csc(-c2cccc(OC(F)(F)F)c2)n1. The van der Waals surface area contributed by atoms with Crippen molar-refractivity contribution in [2.45, 2.75) is 53.4 Å².